The molecule has 1 aromatic heterocycles. The molecular weight excluding hydrogens is 355 g/mol. The van der Waals surface area contributed by atoms with Crippen LogP contribution in [0, 0.1) is 5.82 Å². The van der Waals surface area contributed by atoms with E-state index in [1.54, 1.807) is 10.6 Å². The van der Waals surface area contributed by atoms with Gasteiger partial charge < -0.3 is 16.2 Å². The first-order chi connectivity index (χ1) is 10.5. The maximum Gasteiger partial charge on any atom is 0.327 e. The third-order valence-electron chi connectivity index (χ3n) is 3.86. The van der Waals surface area contributed by atoms with Crippen LogP contribution < -0.4 is 17.2 Å². The number of ether oxygens (including phenoxy) is 1. The maximum atomic E-state index is 13.6. The van der Waals surface area contributed by atoms with Gasteiger partial charge in [0.25, 0.3) is 0 Å². The highest BCUT2D eigenvalue weighted by molar-refractivity contribution is 9.10. The minimum atomic E-state index is -0.463. The number of nitrogen functional groups attached to an aromatic ring is 2. The van der Waals surface area contributed by atoms with Crippen LogP contribution in [-0.2, 0) is 4.74 Å². The Morgan fingerprint density at radius 2 is 2.00 bits per heavy atom. The molecule has 22 heavy (non-hydrogen) atoms. The highest BCUT2D eigenvalue weighted by Crippen LogP contribution is 2.36. The molecule has 1 aliphatic heterocycles. The lowest BCUT2D eigenvalue weighted by Crippen LogP contribution is -2.28. The molecule has 0 saturated carbocycles. The number of H-pyrrole nitrogens is 1. The fraction of sp³-hybridized carbons (Fsp3) is 0.357. The maximum absolute atomic E-state index is 13.6. The quantitative estimate of drug-likeness (QED) is 0.706. The van der Waals surface area contributed by atoms with E-state index < -0.39 is 5.82 Å². The minimum Gasteiger partial charge on any atom is -0.398 e. The zero-order valence-electron chi connectivity index (χ0n) is 11.7. The van der Waals surface area contributed by atoms with E-state index in [0.29, 0.717) is 37.3 Å². The molecule has 2 aromatic rings. The minimum absolute atomic E-state index is 0.0203. The van der Waals surface area contributed by atoms with Gasteiger partial charge in [-0.1, -0.05) is 0 Å². The largest absolute Gasteiger partial charge is 0.398 e. The third kappa shape index (κ3) is 2.52. The third-order valence-corrected chi connectivity index (χ3v) is 4.47. The SMILES string of the molecule is Nc1cc(F)c(Br)cc1-c1c(N)[nH]c(=O)n1C1CCOCC1. The Bertz CT molecular complexity index is 765. The van der Waals surface area contributed by atoms with Gasteiger partial charge in [0.1, 0.15) is 11.6 Å². The standard InChI is InChI=1S/C14H16BrFN4O2/c15-9-5-8(11(17)6-10(9)16)12-13(18)19-14(21)20(12)7-1-3-22-4-2-7/h5-7H,1-4,17-18H2,(H,19,21). The van der Waals surface area contributed by atoms with E-state index >= 15 is 0 Å². The van der Waals surface area contributed by atoms with Crippen molar-refractivity contribution in [2.45, 2.75) is 18.9 Å². The normalized spacial score (nSPS) is 16.1. The van der Waals surface area contributed by atoms with E-state index in [1.807, 2.05) is 0 Å². The summed E-state index contributed by atoms with van der Waals surface area (Å²) in [4.78, 5) is 14.9. The number of halogens is 2. The summed E-state index contributed by atoms with van der Waals surface area (Å²) in [5, 5.41) is 0. The molecule has 0 spiro atoms. The molecule has 6 nitrogen and oxygen atoms in total. The van der Waals surface area contributed by atoms with Crippen LogP contribution in [0.25, 0.3) is 11.3 Å². The first-order valence-corrected chi connectivity index (χ1v) is 7.71. The van der Waals surface area contributed by atoms with Crippen molar-refractivity contribution < 1.29 is 9.13 Å². The van der Waals surface area contributed by atoms with Crippen LogP contribution in [-0.4, -0.2) is 22.8 Å². The Hall–Kier alpha value is -1.80. The second-order valence-corrected chi connectivity index (χ2v) is 6.11. The van der Waals surface area contributed by atoms with Gasteiger partial charge in [-0.25, -0.2) is 9.18 Å². The lowest BCUT2D eigenvalue weighted by atomic mass is 10.1. The van der Waals surface area contributed by atoms with Crippen molar-refractivity contribution in [3.63, 3.8) is 0 Å². The smallest absolute Gasteiger partial charge is 0.327 e. The summed E-state index contributed by atoms with van der Waals surface area (Å²) in [6, 6.07) is 2.73. The van der Waals surface area contributed by atoms with E-state index in [9.17, 15) is 9.18 Å². The average molecular weight is 371 g/mol. The number of nitrogens with one attached hydrogen (secondary N) is 1. The van der Waals surface area contributed by atoms with Gasteiger partial charge in [-0.2, -0.15) is 0 Å². The second kappa shape index (κ2) is 5.77. The van der Waals surface area contributed by atoms with E-state index in [4.69, 9.17) is 16.2 Å². The molecule has 0 aliphatic carbocycles. The van der Waals surface area contributed by atoms with Crippen molar-refractivity contribution in [1.82, 2.24) is 9.55 Å². The lowest BCUT2D eigenvalue weighted by Gasteiger charge is -2.25. The number of rotatable bonds is 2. The van der Waals surface area contributed by atoms with E-state index in [2.05, 4.69) is 20.9 Å². The molecule has 2 heterocycles. The molecule has 1 aliphatic rings. The van der Waals surface area contributed by atoms with Gasteiger partial charge in [0.2, 0.25) is 0 Å². The van der Waals surface area contributed by atoms with Crippen molar-refractivity contribution in [2.75, 3.05) is 24.7 Å². The molecule has 0 atom stereocenters. The summed E-state index contributed by atoms with van der Waals surface area (Å²) in [7, 11) is 0. The number of aromatic nitrogens is 2. The van der Waals surface area contributed by atoms with Crippen molar-refractivity contribution in [3.05, 3.63) is 32.9 Å². The number of hydrogen-bond donors (Lipinski definition) is 3. The van der Waals surface area contributed by atoms with Gasteiger partial charge in [0, 0.05) is 30.5 Å². The van der Waals surface area contributed by atoms with E-state index in [0.717, 1.165) is 0 Å². The number of benzene rings is 1. The number of imidazole rings is 1. The first kappa shape index (κ1) is 15.1. The topological polar surface area (TPSA) is 99.1 Å². The Morgan fingerprint density at radius 3 is 2.68 bits per heavy atom. The highest BCUT2D eigenvalue weighted by Gasteiger charge is 2.25. The summed E-state index contributed by atoms with van der Waals surface area (Å²) < 4.78 is 20.8. The molecule has 0 bridgehead atoms. The Morgan fingerprint density at radius 1 is 1.32 bits per heavy atom. The van der Waals surface area contributed by atoms with Gasteiger partial charge in [0.15, 0.2) is 0 Å². The van der Waals surface area contributed by atoms with Crippen molar-refractivity contribution >= 4 is 27.4 Å². The van der Waals surface area contributed by atoms with Crippen LogP contribution in [0.3, 0.4) is 0 Å². The van der Waals surface area contributed by atoms with Gasteiger partial charge in [-0.3, -0.25) is 9.55 Å². The van der Waals surface area contributed by atoms with Crippen LogP contribution >= 0.6 is 15.9 Å². The predicted octanol–water partition coefficient (Wildman–Crippen LogP) is 2.26. The summed E-state index contributed by atoms with van der Waals surface area (Å²) in [5.74, 6) is -0.239. The molecule has 3 rings (SSSR count). The van der Waals surface area contributed by atoms with Crippen molar-refractivity contribution in [2.24, 2.45) is 0 Å². The molecule has 1 aromatic carbocycles. The average Bonchev–Trinajstić information content (AvgIpc) is 2.78. The summed E-state index contributed by atoms with van der Waals surface area (Å²) in [5.41, 5.74) is 12.8. The summed E-state index contributed by atoms with van der Waals surface area (Å²) >= 11 is 3.14. The highest BCUT2D eigenvalue weighted by atomic mass is 79.9. The molecular formula is C14H16BrFN4O2. The second-order valence-electron chi connectivity index (χ2n) is 5.26. The van der Waals surface area contributed by atoms with Gasteiger partial charge >= 0.3 is 5.69 Å². The monoisotopic (exact) mass is 370 g/mol. The number of aromatic amines is 1. The molecule has 0 unspecified atom stereocenters. The number of nitrogens with two attached hydrogens (primary N) is 2. The Labute approximate surface area is 134 Å². The number of hydrogen-bond acceptors (Lipinski definition) is 4. The fourth-order valence-electron chi connectivity index (χ4n) is 2.80. The number of nitrogens with zero attached hydrogens (tertiary/aromatic N) is 1. The number of anilines is 2. The molecule has 5 N–H and O–H groups in total. The van der Waals surface area contributed by atoms with Crippen LogP contribution in [0.4, 0.5) is 15.9 Å². The van der Waals surface area contributed by atoms with Crippen LogP contribution in [0.2, 0.25) is 0 Å². The molecule has 0 amide bonds. The molecule has 8 heteroatoms. The molecule has 0 radical (unpaired) electrons. The zero-order valence-corrected chi connectivity index (χ0v) is 13.3. The van der Waals surface area contributed by atoms with Crippen LogP contribution in [0.1, 0.15) is 18.9 Å². The van der Waals surface area contributed by atoms with Gasteiger partial charge in [-0.05, 0) is 40.9 Å². The van der Waals surface area contributed by atoms with Crippen LogP contribution in [0.5, 0.6) is 0 Å². The van der Waals surface area contributed by atoms with Crippen LogP contribution in [0.15, 0.2) is 21.4 Å². The Kier molecular flexibility index (Phi) is 3.96. The van der Waals surface area contributed by atoms with Crippen molar-refractivity contribution in [3.8, 4) is 11.3 Å². The Balaban J connectivity index is 2.19. The molecule has 1 fully saturated rings. The van der Waals surface area contributed by atoms with Crippen molar-refractivity contribution in [1.29, 1.82) is 0 Å². The molecule has 118 valence electrons. The lowest BCUT2D eigenvalue weighted by molar-refractivity contribution is 0.0692. The van der Waals surface area contributed by atoms with Gasteiger partial charge in [-0.15, -0.1) is 0 Å². The van der Waals surface area contributed by atoms with E-state index in [1.165, 1.54) is 6.07 Å². The molecule has 1 saturated heterocycles. The summed E-state index contributed by atoms with van der Waals surface area (Å²) in [6.45, 7) is 1.18. The van der Waals surface area contributed by atoms with E-state index in [-0.39, 0.29) is 27.7 Å². The summed E-state index contributed by atoms with van der Waals surface area (Å²) in [6.07, 6.45) is 1.43. The first-order valence-electron chi connectivity index (χ1n) is 6.91. The zero-order chi connectivity index (χ0) is 15.9. The van der Waals surface area contributed by atoms with Gasteiger partial charge in [0.05, 0.1) is 10.2 Å². The predicted molar refractivity (Wildman–Crippen MR) is 86.1 cm³/mol. The fourth-order valence-corrected chi connectivity index (χ4v) is 3.14.